The third-order valence-corrected chi connectivity index (χ3v) is 4.95. The van der Waals surface area contributed by atoms with Crippen LogP contribution >= 0.6 is 0 Å². The van der Waals surface area contributed by atoms with Gasteiger partial charge >= 0.3 is 0 Å². The van der Waals surface area contributed by atoms with Gasteiger partial charge in [-0.1, -0.05) is 54.6 Å². The molecular weight excluding hydrogens is 356 g/mol. The van der Waals surface area contributed by atoms with Crippen LogP contribution in [0.3, 0.4) is 0 Å². The van der Waals surface area contributed by atoms with Crippen molar-refractivity contribution in [2.24, 2.45) is 5.10 Å². The fourth-order valence-corrected chi connectivity index (χ4v) is 3.43. The molecule has 0 unspecified atom stereocenters. The van der Waals surface area contributed by atoms with Gasteiger partial charge < -0.3 is 19.7 Å². The van der Waals surface area contributed by atoms with Crippen molar-refractivity contribution in [3.8, 4) is 0 Å². The standard InChI is InChI=1S/C21H24N4O3/c26-20(23-22-14-18-8-4-5-9-19(18)21(27)28)16-25-12-10-24(11-13-25)15-17-6-2-1-3-7-17/h1-9,14H,10-13,15-16H2,(H,23,26)(H,27,28)/p+1/b22-14-. The molecular formula is C21H25N4O3+. The molecule has 28 heavy (non-hydrogen) atoms. The average Bonchev–Trinajstić information content (AvgIpc) is 2.70. The number of hydrogen-bond donors (Lipinski definition) is 3. The first-order valence-corrected chi connectivity index (χ1v) is 9.45. The summed E-state index contributed by atoms with van der Waals surface area (Å²) in [6, 6.07) is 16.8. The Morgan fingerprint density at radius 3 is 2.32 bits per heavy atom. The first kappa shape index (κ1) is 19.7. The van der Waals surface area contributed by atoms with Gasteiger partial charge in [0.2, 0.25) is 0 Å². The van der Waals surface area contributed by atoms with Crippen molar-refractivity contribution >= 4 is 18.1 Å². The first-order valence-electron chi connectivity index (χ1n) is 9.45. The fourth-order valence-electron chi connectivity index (χ4n) is 3.43. The lowest BCUT2D eigenvalue weighted by Gasteiger charge is -2.29. The van der Waals surface area contributed by atoms with Crippen LogP contribution in [-0.4, -0.2) is 50.8 Å². The molecule has 0 atom stereocenters. The van der Waals surface area contributed by atoms with E-state index in [1.807, 2.05) is 6.07 Å². The highest BCUT2D eigenvalue weighted by Crippen LogP contribution is 2.04. The normalized spacial score (nSPS) is 19.4. The molecule has 1 fully saturated rings. The summed E-state index contributed by atoms with van der Waals surface area (Å²) in [7, 11) is 0. The average molecular weight is 381 g/mol. The lowest BCUT2D eigenvalue weighted by molar-refractivity contribution is -1.02. The molecule has 2 aromatic rings. The van der Waals surface area contributed by atoms with E-state index in [0.29, 0.717) is 12.1 Å². The van der Waals surface area contributed by atoms with Gasteiger partial charge in [0.25, 0.3) is 5.91 Å². The minimum atomic E-state index is -1.27. The number of hydrazone groups is 1. The SMILES string of the molecule is O=C(C[NH+]1CC[NH+](Cc2ccccc2)CC1)N/N=C\c1ccccc1C(=O)[O-]. The zero-order chi connectivity index (χ0) is 19.8. The quantitative estimate of drug-likeness (QED) is 0.365. The van der Waals surface area contributed by atoms with Crippen molar-refractivity contribution in [2.75, 3.05) is 32.7 Å². The molecule has 3 N–H and O–H groups in total. The Morgan fingerprint density at radius 1 is 0.964 bits per heavy atom. The maximum absolute atomic E-state index is 12.1. The number of carbonyl (C=O) groups is 2. The summed E-state index contributed by atoms with van der Waals surface area (Å²) in [6.45, 7) is 5.31. The number of aromatic carboxylic acids is 1. The maximum atomic E-state index is 12.1. The van der Waals surface area contributed by atoms with Crippen molar-refractivity contribution in [3.63, 3.8) is 0 Å². The van der Waals surface area contributed by atoms with E-state index in [1.54, 1.807) is 18.2 Å². The third kappa shape index (κ3) is 5.73. The minimum Gasteiger partial charge on any atom is -0.545 e. The molecule has 7 nitrogen and oxygen atoms in total. The number of amides is 1. The second-order valence-corrected chi connectivity index (χ2v) is 7.01. The molecule has 0 aliphatic carbocycles. The zero-order valence-electron chi connectivity index (χ0n) is 15.7. The number of carboxylic acids is 1. The summed E-state index contributed by atoms with van der Waals surface area (Å²) in [5, 5.41) is 14.9. The first-order chi connectivity index (χ1) is 13.6. The number of benzene rings is 2. The van der Waals surface area contributed by atoms with Crippen LogP contribution in [0.1, 0.15) is 21.5 Å². The van der Waals surface area contributed by atoms with Crippen molar-refractivity contribution in [3.05, 3.63) is 71.3 Å². The fraction of sp³-hybridized carbons (Fsp3) is 0.286. The van der Waals surface area contributed by atoms with Crippen molar-refractivity contribution in [1.29, 1.82) is 0 Å². The van der Waals surface area contributed by atoms with Gasteiger partial charge in [-0.15, -0.1) is 0 Å². The van der Waals surface area contributed by atoms with Gasteiger partial charge in [0.15, 0.2) is 6.54 Å². The highest BCUT2D eigenvalue weighted by Gasteiger charge is 2.24. The molecule has 1 aliphatic heterocycles. The van der Waals surface area contributed by atoms with E-state index in [-0.39, 0.29) is 11.5 Å². The molecule has 7 heteroatoms. The van der Waals surface area contributed by atoms with Crippen LogP contribution in [-0.2, 0) is 11.3 Å². The molecule has 1 amide bonds. The predicted octanol–water partition coefficient (Wildman–Crippen LogP) is -2.52. The molecule has 0 radical (unpaired) electrons. The van der Waals surface area contributed by atoms with Crippen molar-refractivity contribution in [1.82, 2.24) is 5.43 Å². The number of hydrogen-bond acceptors (Lipinski definition) is 4. The molecule has 146 valence electrons. The van der Waals surface area contributed by atoms with Crippen molar-refractivity contribution < 1.29 is 24.5 Å². The van der Waals surface area contributed by atoms with E-state index < -0.39 is 5.97 Å². The molecule has 0 saturated carbocycles. The largest absolute Gasteiger partial charge is 0.545 e. The van der Waals surface area contributed by atoms with Crippen LogP contribution in [0.5, 0.6) is 0 Å². The zero-order valence-corrected chi connectivity index (χ0v) is 15.7. The number of piperazine rings is 1. The van der Waals surface area contributed by atoms with E-state index >= 15 is 0 Å². The van der Waals surface area contributed by atoms with E-state index in [2.05, 4.69) is 34.8 Å². The monoisotopic (exact) mass is 381 g/mol. The Hall–Kier alpha value is -3.03. The number of rotatable bonds is 7. The van der Waals surface area contributed by atoms with E-state index in [1.165, 1.54) is 27.6 Å². The Morgan fingerprint density at radius 2 is 1.61 bits per heavy atom. The number of quaternary nitrogens is 2. The maximum Gasteiger partial charge on any atom is 0.295 e. The predicted molar refractivity (Wildman–Crippen MR) is 103 cm³/mol. The minimum absolute atomic E-state index is 0.0450. The molecule has 1 aliphatic rings. The second kappa shape index (κ2) is 9.77. The van der Waals surface area contributed by atoms with Crippen LogP contribution in [0.4, 0.5) is 0 Å². The van der Waals surface area contributed by atoms with Gasteiger partial charge in [0.05, 0.1) is 12.2 Å². The Kier molecular flexibility index (Phi) is 6.89. The number of nitrogens with one attached hydrogen (secondary N) is 3. The van der Waals surface area contributed by atoms with Crippen LogP contribution in [0.2, 0.25) is 0 Å². The van der Waals surface area contributed by atoms with E-state index in [0.717, 1.165) is 32.7 Å². The number of carbonyl (C=O) groups excluding carboxylic acids is 2. The second-order valence-electron chi connectivity index (χ2n) is 7.01. The summed E-state index contributed by atoms with van der Waals surface area (Å²) in [5.74, 6) is -1.45. The molecule has 0 bridgehead atoms. The molecule has 0 spiro atoms. The number of carboxylic acid groups (broad SMARTS) is 1. The lowest BCUT2D eigenvalue weighted by atomic mass is 10.1. The van der Waals surface area contributed by atoms with Crippen LogP contribution in [0, 0.1) is 0 Å². The summed E-state index contributed by atoms with van der Waals surface area (Å²) in [5.41, 5.74) is 4.26. The summed E-state index contributed by atoms with van der Waals surface area (Å²) in [4.78, 5) is 25.9. The van der Waals surface area contributed by atoms with Gasteiger partial charge in [-0.05, 0) is 0 Å². The smallest absolute Gasteiger partial charge is 0.295 e. The lowest BCUT2D eigenvalue weighted by Crippen LogP contribution is -3.28. The van der Waals surface area contributed by atoms with Gasteiger partial charge in [-0.2, -0.15) is 5.10 Å². The van der Waals surface area contributed by atoms with Gasteiger partial charge in [-0.3, -0.25) is 4.79 Å². The molecule has 1 saturated heterocycles. The van der Waals surface area contributed by atoms with Gasteiger partial charge in [-0.25, -0.2) is 5.43 Å². The highest BCUT2D eigenvalue weighted by atomic mass is 16.4. The van der Waals surface area contributed by atoms with Crippen LogP contribution in [0.15, 0.2) is 59.7 Å². The van der Waals surface area contributed by atoms with Gasteiger partial charge in [0.1, 0.15) is 32.7 Å². The van der Waals surface area contributed by atoms with Crippen LogP contribution in [0.25, 0.3) is 0 Å². The Labute approximate surface area is 164 Å². The Bertz CT molecular complexity index is 831. The topological polar surface area (TPSA) is 90.5 Å². The summed E-state index contributed by atoms with van der Waals surface area (Å²) < 4.78 is 0. The Balaban J connectivity index is 1.42. The third-order valence-electron chi connectivity index (χ3n) is 4.95. The highest BCUT2D eigenvalue weighted by molar-refractivity contribution is 5.97. The van der Waals surface area contributed by atoms with E-state index in [4.69, 9.17) is 0 Å². The molecule has 2 aromatic carbocycles. The number of nitrogens with zero attached hydrogens (tertiary/aromatic N) is 1. The molecule has 1 heterocycles. The molecule has 0 aromatic heterocycles. The summed E-state index contributed by atoms with van der Waals surface area (Å²) >= 11 is 0. The van der Waals surface area contributed by atoms with Crippen molar-refractivity contribution in [2.45, 2.75) is 6.54 Å². The summed E-state index contributed by atoms with van der Waals surface area (Å²) in [6.07, 6.45) is 1.33. The van der Waals surface area contributed by atoms with Gasteiger partial charge in [0, 0.05) is 16.7 Å². The van der Waals surface area contributed by atoms with E-state index in [9.17, 15) is 14.7 Å². The molecule has 3 rings (SSSR count). The van der Waals surface area contributed by atoms with Crippen LogP contribution < -0.4 is 20.3 Å².